The molecule has 1 N–H and O–H groups in total. The van der Waals surface area contributed by atoms with Gasteiger partial charge >= 0.3 is 0 Å². The number of amides is 1. The zero-order valence-corrected chi connectivity index (χ0v) is 16.7. The van der Waals surface area contributed by atoms with Crippen molar-refractivity contribution in [3.05, 3.63) is 60.2 Å². The van der Waals surface area contributed by atoms with Crippen LogP contribution in [-0.4, -0.2) is 41.1 Å². The van der Waals surface area contributed by atoms with Gasteiger partial charge in [0, 0.05) is 23.2 Å². The average molecular weight is 410 g/mol. The molecule has 2 heterocycles. The monoisotopic (exact) mass is 410 g/mol. The molecule has 8 heteroatoms. The first-order chi connectivity index (χ1) is 14.6. The second-order valence-corrected chi connectivity index (χ2v) is 7.29. The van der Waals surface area contributed by atoms with Gasteiger partial charge < -0.3 is 14.6 Å². The highest BCUT2D eigenvalue weighted by atomic mass is 19.1. The molecule has 7 nitrogen and oxygen atoms in total. The average Bonchev–Trinajstić information content (AvgIpc) is 3.23. The molecular weight excluding hydrogens is 387 g/mol. The van der Waals surface area contributed by atoms with E-state index in [4.69, 9.17) is 9.26 Å². The predicted octanol–water partition coefficient (Wildman–Crippen LogP) is 3.74. The number of carbonyl (C=O) groups is 1. The largest absolute Gasteiger partial charge is 0.497 e. The van der Waals surface area contributed by atoms with Gasteiger partial charge in [0.2, 0.25) is 17.6 Å². The smallest absolute Gasteiger partial charge is 0.241 e. The number of methoxy groups -OCH3 is 1. The van der Waals surface area contributed by atoms with E-state index >= 15 is 0 Å². The van der Waals surface area contributed by atoms with Crippen LogP contribution in [0, 0.1) is 11.7 Å². The number of rotatable bonds is 6. The Morgan fingerprint density at radius 2 is 2.00 bits per heavy atom. The molecule has 4 rings (SSSR count). The summed E-state index contributed by atoms with van der Waals surface area (Å²) in [6, 6.07) is 13.3. The van der Waals surface area contributed by atoms with E-state index in [1.54, 1.807) is 25.3 Å². The summed E-state index contributed by atoms with van der Waals surface area (Å²) < 4.78 is 23.6. The Morgan fingerprint density at radius 1 is 1.23 bits per heavy atom. The lowest BCUT2D eigenvalue weighted by molar-refractivity contribution is -0.121. The van der Waals surface area contributed by atoms with Gasteiger partial charge in [0.25, 0.3) is 0 Å². The third kappa shape index (κ3) is 4.83. The molecule has 1 aliphatic heterocycles. The molecule has 156 valence electrons. The molecule has 0 saturated carbocycles. The number of ether oxygens (including phenoxy) is 1. The molecule has 1 fully saturated rings. The van der Waals surface area contributed by atoms with Crippen LogP contribution in [0.25, 0.3) is 11.4 Å². The van der Waals surface area contributed by atoms with E-state index in [0.717, 1.165) is 31.6 Å². The zero-order chi connectivity index (χ0) is 20.9. The van der Waals surface area contributed by atoms with Crippen LogP contribution in [0.4, 0.5) is 10.1 Å². The lowest BCUT2D eigenvalue weighted by Crippen LogP contribution is -2.37. The predicted molar refractivity (Wildman–Crippen MR) is 109 cm³/mol. The highest BCUT2D eigenvalue weighted by Crippen LogP contribution is 2.23. The zero-order valence-electron chi connectivity index (χ0n) is 16.7. The van der Waals surface area contributed by atoms with E-state index in [0.29, 0.717) is 29.6 Å². The van der Waals surface area contributed by atoms with Gasteiger partial charge in [-0.25, -0.2) is 4.39 Å². The third-order valence-corrected chi connectivity index (χ3v) is 5.23. The quantitative estimate of drug-likeness (QED) is 0.667. The Morgan fingerprint density at radius 3 is 2.73 bits per heavy atom. The lowest BCUT2D eigenvalue weighted by atomic mass is 9.96. The number of benzene rings is 2. The van der Waals surface area contributed by atoms with Crippen LogP contribution in [0.15, 0.2) is 53.1 Å². The molecule has 0 spiro atoms. The standard InChI is InChI=1S/C22H23FN4O3/c1-29-19-4-2-3-18(13-19)24-22(28)16-9-11-27(12-10-16)14-20-25-21(26-30-20)15-5-7-17(23)8-6-15/h2-8,13,16H,9-12,14H2,1H3,(H,24,28). The van der Waals surface area contributed by atoms with Crippen molar-refractivity contribution >= 4 is 11.6 Å². The second-order valence-electron chi connectivity index (χ2n) is 7.29. The molecule has 1 aliphatic rings. The molecule has 0 aliphatic carbocycles. The number of nitrogens with zero attached hydrogens (tertiary/aromatic N) is 3. The van der Waals surface area contributed by atoms with Crippen LogP contribution in [0.2, 0.25) is 0 Å². The Labute approximate surface area is 173 Å². The van der Waals surface area contributed by atoms with Crippen LogP contribution in [0.3, 0.4) is 0 Å². The Bertz CT molecular complexity index is 998. The number of anilines is 1. The third-order valence-electron chi connectivity index (χ3n) is 5.23. The minimum absolute atomic E-state index is 0.0271. The van der Waals surface area contributed by atoms with Crippen molar-refractivity contribution in [2.24, 2.45) is 5.92 Å². The molecule has 1 saturated heterocycles. The van der Waals surface area contributed by atoms with Gasteiger partial charge in [0.15, 0.2) is 0 Å². The molecule has 3 aromatic rings. The van der Waals surface area contributed by atoms with Crippen molar-refractivity contribution in [2.45, 2.75) is 19.4 Å². The van der Waals surface area contributed by atoms with E-state index in [2.05, 4.69) is 20.4 Å². The number of nitrogens with one attached hydrogen (secondary N) is 1. The van der Waals surface area contributed by atoms with Gasteiger partial charge in [0.1, 0.15) is 11.6 Å². The first-order valence-electron chi connectivity index (χ1n) is 9.86. The van der Waals surface area contributed by atoms with Crippen LogP contribution in [-0.2, 0) is 11.3 Å². The van der Waals surface area contributed by atoms with Crippen molar-refractivity contribution in [1.29, 1.82) is 0 Å². The van der Waals surface area contributed by atoms with Gasteiger partial charge in [-0.1, -0.05) is 11.2 Å². The molecule has 0 bridgehead atoms. The minimum atomic E-state index is -0.305. The van der Waals surface area contributed by atoms with Crippen LogP contribution in [0.1, 0.15) is 18.7 Å². The number of likely N-dealkylation sites (tertiary alicyclic amines) is 1. The maximum Gasteiger partial charge on any atom is 0.241 e. The summed E-state index contributed by atoms with van der Waals surface area (Å²) in [4.78, 5) is 19.2. The number of aromatic nitrogens is 2. The van der Waals surface area contributed by atoms with E-state index in [1.807, 2.05) is 18.2 Å². The summed E-state index contributed by atoms with van der Waals surface area (Å²) in [5.74, 6) is 1.35. The van der Waals surface area contributed by atoms with E-state index < -0.39 is 0 Å². The van der Waals surface area contributed by atoms with Gasteiger partial charge in [-0.05, 0) is 62.3 Å². The highest BCUT2D eigenvalue weighted by Gasteiger charge is 2.26. The van der Waals surface area contributed by atoms with Gasteiger partial charge in [-0.2, -0.15) is 4.98 Å². The first kappa shape index (κ1) is 20.0. The summed E-state index contributed by atoms with van der Waals surface area (Å²) in [7, 11) is 1.60. The normalized spacial score (nSPS) is 15.1. The second kappa shape index (κ2) is 9.04. The minimum Gasteiger partial charge on any atom is -0.497 e. The Hall–Kier alpha value is -3.26. The van der Waals surface area contributed by atoms with E-state index in [9.17, 15) is 9.18 Å². The number of hydrogen-bond acceptors (Lipinski definition) is 6. The van der Waals surface area contributed by atoms with Gasteiger partial charge in [-0.15, -0.1) is 0 Å². The summed E-state index contributed by atoms with van der Waals surface area (Å²) in [6.07, 6.45) is 1.52. The molecule has 2 aromatic carbocycles. The SMILES string of the molecule is COc1cccc(NC(=O)C2CCN(Cc3nc(-c4ccc(F)cc4)no3)CC2)c1. The topological polar surface area (TPSA) is 80.5 Å². The summed E-state index contributed by atoms with van der Waals surface area (Å²) in [6.45, 7) is 2.06. The number of halogens is 1. The number of carbonyl (C=O) groups excluding carboxylic acids is 1. The highest BCUT2D eigenvalue weighted by molar-refractivity contribution is 5.92. The lowest BCUT2D eigenvalue weighted by Gasteiger charge is -2.30. The number of piperidine rings is 1. The fourth-order valence-corrected chi connectivity index (χ4v) is 3.53. The van der Waals surface area contributed by atoms with Crippen molar-refractivity contribution in [1.82, 2.24) is 15.0 Å². The summed E-state index contributed by atoms with van der Waals surface area (Å²) in [5.41, 5.74) is 1.44. The molecule has 1 aromatic heterocycles. The van der Waals surface area contributed by atoms with Crippen LogP contribution >= 0.6 is 0 Å². The first-order valence-corrected chi connectivity index (χ1v) is 9.86. The van der Waals surface area contributed by atoms with Crippen LogP contribution in [0.5, 0.6) is 5.75 Å². The Kier molecular flexibility index (Phi) is 6.04. The molecule has 0 unspecified atom stereocenters. The summed E-state index contributed by atoms with van der Waals surface area (Å²) >= 11 is 0. The van der Waals surface area contributed by atoms with E-state index in [1.165, 1.54) is 12.1 Å². The maximum absolute atomic E-state index is 13.1. The fraction of sp³-hybridized carbons (Fsp3) is 0.318. The molecule has 0 atom stereocenters. The summed E-state index contributed by atoms with van der Waals surface area (Å²) in [5, 5.41) is 6.95. The maximum atomic E-state index is 13.1. The van der Waals surface area contributed by atoms with Gasteiger partial charge in [-0.3, -0.25) is 9.69 Å². The van der Waals surface area contributed by atoms with Crippen molar-refractivity contribution in [3.63, 3.8) is 0 Å². The fourth-order valence-electron chi connectivity index (χ4n) is 3.53. The Balaban J connectivity index is 1.28. The number of hydrogen-bond donors (Lipinski definition) is 1. The molecule has 1 amide bonds. The van der Waals surface area contributed by atoms with Crippen LogP contribution < -0.4 is 10.1 Å². The van der Waals surface area contributed by atoms with Crippen molar-refractivity contribution in [2.75, 3.05) is 25.5 Å². The van der Waals surface area contributed by atoms with E-state index in [-0.39, 0.29) is 17.6 Å². The molecule has 0 radical (unpaired) electrons. The molecule has 30 heavy (non-hydrogen) atoms. The van der Waals surface area contributed by atoms with Gasteiger partial charge in [0.05, 0.1) is 13.7 Å². The molecular formula is C22H23FN4O3. The van der Waals surface area contributed by atoms with Crippen molar-refractivity contribution < 1.29 is 18.4 Å². The van der Waals surface area contributed by atoms with Crippen molar-refractivity contribution in [3.8, 4) is 17.1 Å².